The molecule has 2 aromatic rings. The molecule has 0 bridgehead atoms. The number of carbonyl (C=O) groups excluding carboxylic acids is 2. The molecule has 11 heteroatoms. The van der Waals surface area contributed by atoms with Crippen LogP contribution in [0.5, 0.6) is 5.75 Å². The standard InChI is InChI=1S/C26H36BrN7O3/c1-16(35)29-20-8-4-5-9-21(20)31-24-19(27)14-28-26(33-24)32-22-11-10-17(13-23(22)37-3)25(36)30-18-7-6-12-34(2)15-18/h10-11,13-14,18,20-21H,4-9,12,15H2,1-3H3,(H,29,35)(H,30,36)(H2,28,31,32,33)/t18?,20-,21-/m1/s1. The van der Waals surface area contributed by atoms with Crippen LogP contribution < -0.4 is 26.0 Å². The van der Waals surface area contributed by atoms with Crippen molar-refractivity contribution in [3.05, 3.63) is 34.4 Å². The monoisotopic (exact) mass is 573 g/mol. The number of hydrogen-bond donors (Lipinski definition) is 4. The summed E-state index contributed by atoms with van der Waals surface area (Å²) < 4.78 is 6.30. The summed E-state index contributed by atoms with van der Waals surface area (Å²) in [4.78, 5) is 35.8. The number of rotatable bonds is 8. The Bertz CT molecular complexity index is 1120. The molecule has 2 heterocycles. The fraction of sp³-hybridized carbons (Fsp3) is 0.538. The molecule has 3 atom stereocenters. The van der Waals surface area contributed by atoms with Gasteiger partial charge in [0.15, 0.2) is 0 Å². The molecule has 1 unspecified atom stereocenters. The first kappa shape index (κ1) is 27.1. The van der Waals surface area contributed by atoms with Crippen molar-refractivity contribution in [3.8, 4) is 5.75 Å². The van der Waals surface area contributed by atoms with Crippen LogP contribution in [-0.4, -0.2) is 72.1 Å². The molecule has 2 aliphatic rings. The number of carbonyl (C=O) groups is 2. The van der Waals surface area contributed by atoms with E-state index in [1.165, 1.54) is 0 Å². The molecule has 1 aromatic carbocycles. The Balaban J connectivity index is 1.45. The molecule has 4 N–H and O–H groups in total. The molecule has 1 saturated heterocycles. The van der Waals surface area contributed by atoms with E-state index in [4.69, 9.17) is 4.74 Å². The Kier molecular flexibility index (Phi) is 9.20. The molecule has 0 spiro atoms. The smallest absolute Gasteiger partial charge is 0.251 e. The van der Waals surface area contributed by atoms with Gasteiger partial charge in [-0.1, -0.05) is 12.8 Å². The summed E-state index contributed by atoms with van der Waals surface area (Å²) in [5.74, 6) is 1.41. The zero-order valence-electron chi connectivity index (χ0n) is 21.6. The minimum atomic E-state index is -0.113. The average Bonchev–Trinajstić information content (AvgIpc) is 2.87. The van der Waals surface area contributed by atoms with Gasteiger partial charge >= 0.3 is 0 Å². The number of ether oxygens (including phenoxy) is 1. The molecule has 4 rings (SSSR count). The number of benzene rings is 1. The van der Waals surface area contributed by atoms with Gasteiger partial charge in [0.2, 0.25) is 11.9 Å². The number of nitrogens with one attached hydrogen (secondary N) is 4. The van der Waals surface area contributed by atoms with Gasteiger partial charge in [0.1, 0.15) is 11.6 Å². The Morgan fingerprint density at radius 2 is 1.89 bits per heavy atom. The minimum absolute atomic E-state index is 0.0295. The van der Waals surface area contributed by atoms with Gasteiger partial charge in [0.25, 0.3) is 5.91 Å². The maximum Gasteiger partial charge on any atom is 0.251 e. The third kappa shape index (κ3) is 7.32. The van der Waals surface area contributed by atoms with E-state index in [9.17, 15) is 9.59 Å². The van der Waals surface area contributed by atoms with Crippen LogP contribution in [0.3, 0.4) is 0 Å². The predicted molar refractivity (Wildman–Crippen MR) is 147 cm³/mol. The Labute approximate surface area is 226 Å². The molecule has 1 saturated carbocycles. The Morgan fingerprint density at radius 3 is 2.62 bits per heavy atom. The normalized spacial score (nSPS) is 22.1. The van der Waals surface area contributed by atoms with Crippen LogP contribution in [0.25, 0.3) is 0 Å². The summed E-state index contributed by atoms with van der Waals surface area (Å²) in [6.07, 6.45) is 7.80. The molecule has 1 aliphatic heterocycles. The number of halogens is 1. The fourth-order valence-corrected chi connectivity index (χ4v) is 5.36. The number of methoxy groups -OCH3 is 1. The molecule has 2 fully saturated rings. The Morgan fingerprint density at radius 1 is 1.11 bits per heavy atom. The van der Waals surface area contributed by atoms with Crippen LogP contribution >= 0.6 is 15.9 Å². The van der Waals surface area contributed by atoms with Gasteiger partial charge < -0.3 is 30.9 Å². The molecule has 1 aliphatic carbocycles. The lowest BCUT2D eigenvalue weighted by molar-refractivity contribution is -0.119. The van der Waals surface area contributed by atoms with Gasteiger partial charge in [-0.25, -0.2) is 4.98 Å². The Hall–Kier alpha value is -2.92. The molecule has 2 amide bonds. The van der Waals surface area contributed by atoms with E-state index in [2.05, 4.69) is 59.1 Å². The SMILES string of the molecule is COc1cc(C(=O)NC2CCCN(C)C2)ccc1Nc1ncc(Br)c(N[C@@H]2CCCC[C@H]2NC(C)=O)n1. The van der Waals surface area contributed by atoms with E-state index in [1.54, 1.807) is 38.4 Å². The largest absolute Gasteiger partial charge is 0.495 e. The van der Waals surface area contributed by atoms with E-state index in [-0.39, 0.29) is 29.9 Å². The number of hydrogen-bond acceptors (Lipinski definition) is 8. The van der Waals surface area contributed by atoms with E-state index in [0.717, 1.165) is 56.1 Å². The predicted octanol–water partition coefficient (Wildman–Crippen LogP) is 3.67. The summed E-state index contributed by atoms with van der Waals surface area (Å²) in [5.41, 5.74) is 1.19. The van der Waals surface area contributed by atoms with Crippen LogP contribution in [0.15, 0.2) is 28.9 Å². The number of likely N-dealkylation sites (tertiary alicyclic amines) is 1. The highest BCUT2D eigenvalue weighted by atomic mass is 79.9. The lowest BCUT2D eigenvalue weighted by Gasteiger charge is -2.33. The van der Waals surface area contributed by atoms with E-state index < -0.39 is 0 Å². The topological polar surface area (TPSA) is 121 Å². The lowest BCUT2D eigenvalue weighted by atomic mass is 9.90. The van der Waals surface area contributed by atoms with Gasteiger partial charge in [-0.15, -0.1) is 0 Å². The second kappa shape index (κ2) is 12.6. The van der Waals surface area contributed by atoms with Crippen molar-refractivity contribution in [1.82, 2.24) is 25.5 Å². The zero-order chi connectivity index (χ0) is 26.4. The lowest BCUT2D eigenvalue weighted by Crippen LogP contribution is -2.48. The van der Waals surface area contributed by atoms with Gasteiger partial charge in [0, 0.05) is 43.4 Å². The van der Waals surface area contributed by atoms with Crippen molar-refractivity contribution < 1.29 is 14.3 Å². The van der Waals surface area contributed by atoms with Crippen molar-refractivity contribution in [2.24, 2.45) is 0 Å². The van der Waals surface area contributed by atoms with Crippen LogP contribution in [0.2, 0.25) is 0 Å². The first-order chi connectivity index (χ1) is 17.8. The number of likely N-dealkylation sites (N-methyl/N-ethyl adjacent to an activating group) is 1. The molecule has 10 nitrogen and oxygen atoms in total. The number of piperidine rings is 1. The summed E-state index contributed by atoms with van der Waals surface area (Å²) >= 11 is 3.54. The number of anilines is 3. The van der Waals surface area contributed by atoms with Crippen LogP contribution in [0.1, 0.15) is 55.8 Å². The van der Waals surface area contributed by atoms with Crippen molar-refractivity contribution in [3.63, 3.8) is 0 Å². The number of nitrogens with zero attached hydrogens (tertiary/aromatic N) is 3. The number of amides is 2. The maximum atomic E-state index is 12.9. The van der Waals surface area contributed by atoms with Gasteiger partial charge in [0.05, 0.1) is 17.3 Å². The highest BCUT2D eigenvalue weighted by Crippen LogP contribution is 2.30. The molecular formula is C26H36BrN7O3. The van der Waals surface area contributed by atoms with Crippen LogP contribution in [0, 0.1) is 0 Å². The zero-order valence-corrected chi connectivity index (χ0v) is 23.2. The molecular weight excluding hydrogens is 538 g/mol. The van der Waals surface area contributed by atoms with Crippen molar-refractivity contribution >= 4 is 45.2 Å². The van der Waals surface area contributed by atoms with Crippen LogP contribution in [0.4, 0.5) is 17.5 Å². The molecule has 1 aromatic heterocycles. The number of aromatic nitrogens is 2. The van der Waals surface area contributed by atoms with E-state index in [0.29, 0.717) is 28.8 Å². The third-order valence-electron chi connectivity index (χ3n) is 6.89. The second-order valence-corrected chi connectivity index (χ2v) is 10.7. The van der Waals surface area contributed by atoms with Crippen LogP contribution in [-0.2, 0) is 4.79 Å². The highest BCUT2D eigenvalue weighted by Gasteiger charge is 2.27. The first-order valence-electron chi connectivity index (χ1n) is 12.8. The fourth-order valence-electron chi connectivity index (χ4n) is 5.05. The van der Waals surface area contributed by atoms with Gasteiger partial charge in [-0.2, -0.15) is 4.98 Å². The molecule has 0 radical (unpaired) electrons. The highest BCUT2D eigenvalue weighted by molar-refractivity contribution is 9.10. The van der Waals surface area contributed by atoms with Gasteiger partial charge in [-0.05, 0) is 73.4 Å². The molecule has 37 heavy (non-hydrogen) atoms. The minimum Gasteiger partial charge on any atom is -0.495 e. The van der Waals surface area contributed by atoms with E-state index >= 15 is 0 Å². The average molecular weight is 575 g/mol. The summed E-state index contributed by atoms with van der Waals surface area (Å²) in [7, 11) is 3.64. The second-order valence-electron chi connectivity index (χ2n) is 9.85. The summed E-state index contributed by atoms with van der Waals surface area (Å²) in [6, 6.07) is 5.57. The first-order valence-corrected chi connectivity index (χ1v) is 13.6. The quantitative estimate of drug-likeness (QED) is 0.377. The van der Waals surface area contributed by atoms with Gasteiger partial charge in [-0.3, -0.25) is 9.59 Å². The van der Waals surface area contributed by atoms with Crippen molar-refractivity contribution in [1.29, 1.82) is 0 Å². The maximum absolute atomic E-state index is 12.9. The van der Waals surface area contributed by atoms with E-state index in [1.807, 2.05) is 0 Å². The van der Waals surface area contributed by atoms with Crippen molar-refractivity contribution in [2.75, 3.05) is 37.9 Å². The summed E-state index contributed by atoms with van der Waals surface area (Å²) in [6.45, 7) is 3.46. The summed E-state index contributed by atoms with van der Waals surface area (Å²) in [5, 5.41) is 12.9. The van der Waals surface area contributed by atoms with Crippen molar-refractivity contribution in [2.45, 2.75) is 63.6 Å². The third-order valence-corrected chi connectivity index (χ3v) is 7.47. The molecule has 200 valence electrons.